The number of nitrogens with one attached hydrogen (secondary N) is 2. The highest BCUT2D eigenvalue weighted by Gasteiger charge is 2.19. The van der Waals surface area contributed by atoms with E-state index in [1.54, 1.807) is 7.11 Å². The smallest absolute Gasteiger partial charge is 0.316 e. The average Bonchev–Trinajstić information content (AvgIpc) is 3.07. The van der Waals surface area contributed by atoms with Crippen LogP contribution in [0.3, 0.4) is 0 Å². The van der Waals surface area contributed by atoms with E-state index in [0.717, 1.165) is 16.5 Å². The lowest BCUT2D eigenvalue weighted by atomic mass is 10.2. The van der Waals surface area contributed by atoms with Gasteiger partial charge in [-0.15, -0.1) is 11.3 Å². The molecular formula is C15H21N3O3S. The minimum absolute atomic E-state index is 0.153. The molecule has 0 aliphatic rings. The summed E-state index contributed by atoms with van der Waals surface area (Å²) in [5.74, 6) is 1.47. The number of amides is 2. The molecule has 0 saturated carbocycles. The zero-order chi connectivity index (χ0) is 16.1. The lowest BCUT2D eigenvalue weighted by Crippen LogP contribution is -2.40. The van der Waals surface area contributed by atoms with E-state index in [1.165, 1.54) is 11.3 Å². The first-order valence-corrected chi connectivity index (χ1v) is 7.92. The second-order valence-electron chi connectivity index (χ2n) is 5.12. The zero-order valence-corrected chi connectivity index (χ0v) is 14.0. The van der Waals surface area contributed by atoms with Crippen molar-refractivity contribution in [2.75, 3.05) is 13.7 Å². The van der Waals surface area contributed by atoms with E-state index < -0.39 is 0 Å². The summed E-state index contributed by atoms with van der Waals surface area (Å²) >= 11 is 1.53. The number of carbonyl (C=O) groups excluding carboxylic acids is 1. The Labute approximate surface area is 133 Å². The molecule has 120 valence electrons. The van der Waals surface area contributed by atoms with Crippen molar-refractivity contribution in [2.24, 2.45) is 0 Å². The van der Waals surface area contributed by atoms with Gasteiger partial charge < -0.3 is 19.8 Å². The Morgan fingerprint density at radius 3 is 2.73 bits per heavy atom. The van der Waals surface area contributed by atoms with E-state index in [1.807, 2.05) is 38.3 Å². The predicted molar refractivity (Wildman–Crippen MR) is 85.0 cm³/mol. The minimum atomic E-state index is -0.330. The summed E-state index contributed by atoms with van der Waals surface area (Å²) in [6.07, 6.45) is 0. The molecule has 0 fully saturated rings. The SMILES string of the molecule is COC[C@H](NC(=O)N[C@H](C)c1nc(C)cs1)c1ccc(C)o1. The van der Waals surface area contributed by atoms with Gasteiger partial charge in [0.1, 0.15) is 22.6 Å². The lowest BCUT2D eigenvalue weighted by molar-refractivity contribution is 0.156. The number of methoxy groups -OCH3 is 1. The molecule has 22 heavy (non-hydrogen) atoms. The van der Waals surface area contributed by atoms with E-state index in [-0.39, 0.29) is 18.1 Å². The third-order valence-electron chi connectivity index (χ3n) is 3.10. The number of hydrogen-bond donors (Lipinski definition) is 2. The number of carbonyl (C=O) groups is 1. The highest BCUT2D eigenvalue weighted by atomic mass is 32.1. The van der Waals surface area contributed by atoms with Crippen LogP contribution in [0, 0.1) is 13.8 Å². The molecule has 2 aromatic rings. The van der Waals surface area contributed by atoms with Crippen molar-refractivity contribution in [3.05, 3.63) is 39.7 Å². The van der Waals surface area contributed by atoms with Crippen molar-refractivity contribution < 1.29 is 13.9 Å². The second kappa shape index (κ2) is 7.42. The van der Waals surface area contributed by atoms with E-state index in [2.05, 4.69) is 15.6 Å². The molecular weight excluding hydrogens is 302 g/mol. The number of aromatic nitrogens is 1. The molecule has 2 amide bonds. The van der Waals surface area contributed by atoms with Gasteiger partial charge in [-0.1, -0.05) is 0 Å². The van der Waals surface area contributed by atoms with Crippen LogP contribution in [0.25, 0.3) is 0 Å². The first-order chi connectivity index (χ1) is 10.5. The van der Waals surface area contributed by atoms with Gasteiger partial charge in [-0.2, -0.15) is 0 Å². The molecule has 0 aromatic carbocycles. The average molecular weight is 323 g/mol. The van der Waals surface area contributed by atoms with Crippen LogP contribution in [0.5, 0.6) is 0 Å². The van der Waals surface area contributed by atoms with Crippen LogP contribution in [0.4, 0.5) is 4.79 Å². The summed E-state index contributed by atoms with van der Waals surface area (Å²) in [4.78, 5) is 16.5. The highest BCUT2D eigenvalue weighted by Crippen LogP contribution is 2.19. The standard InChI is InChI=1S/C15H21N3O3S/c1-9-8-22-14(16-9)11(3)17-15(19)18-12(7-20-4)13-6-5-10(2)21-13/h5-6,8,11-12H,7H2,1-4H3,(H2,17,18,19)/t11-,12+/m1/s1. The van der Waals surface area contributed by atoms with E-state index in [0.29, 0.717) is 12.4 Å². The van der Waals surface area contributed by atoms with Gasteiger partial charge >= 0.3 is 6.03 Å². The van der Waals surface area contributed by atoms with Gasteiger partial charge in [0.05, 0.1) is 12.6 Å². The lowest BCUT2D eigenvalue weighted by Gasteiger charge is -2.18. The quantitative estimate of drug-likeness (QED) is 0.856. The van der Waals surface area contributed by atoms with Gasteiger partial charge in [0, 0.05) is 18.2 Å². The normalized spacial score (nSPS) is 13.6. The third kappa shape index (κ3) is 4.32. The molecule has 0 bridgehead atoms. The topological polar surface area (TPSA) is 76.4 Å². The third-order valence-corrected chi connectivity index (χ3v) is 4.24. The molecule has 0 aliphatic carbocycles. The van der Waals surface area contributed by atoms with E-state index in [4.69, 9.17) is 9.15 Å². The van der Waals surface area contributed by atoms with Gasteiger partial charge in [-0.3, -0.25) is 0 Å². The molecule has 0 radical (unpaired) electrons. The number of furan rings is 1. The number of urea groups is 1. The first kappa shape index (κ1) is 16.5. The number of rotatable bonds is 6. The highest BCUT2D eigenvalue weighted by molar-refractivity contribution is 7.09. The molecule has 0 saturated heterocycles. The Hall–Kier alpha value is -1.86. The van der Waals surface area contributed by atoms with Crippen molar-refractivity contribution in [1.82, 2.24) is 15.6 Å². The molecule has 2 rings (SSSR count). The van der Waals surface area contributed by atoms with E-state index >= 15 is 0 Å². The Morgan fingerprint density at radius 1 is 1.41 bits per heavy atom. The van der Waals surface area contributed by atoms with E-state index in [9.17, 15) is 4.79 Å². The van der Waals surface area contributed by atoms with Crippen molar-refractivity contribution >= 4 is 17.4 Å². The molecule has 0 spiro atoms. The summed E-state index contributed by atoms with van der Waals surface area (Å²) in [5, 5.41) is 8.58. The van der Waals surface area contributed by atoms with Crippen LogP contribution >= 0.6 is 11.3 Å². The van der Waals surface area contributed by atoms with Gasteiger partial charge in [0.2, 0.25) is 0 Å². The summed E-state index contributed by atoms with van der Waals surface area (Å²) in [5.41, 5.74) is 0.956. The number of hydrogen-bond acceptors (Lipinski definition) is 5. The number of nitrogens with zero attached hydrogens (tertiary/aromatic N) is 1. The maximum absolute atomic E-state index is 12.2. The molecule has 0 unspecified atom stereocenters. The van der Waals surface area contributed by atoms with Crippen molar-refractivity contribution in [1.29, 1.82) is 0 Å². The number of ether oxygens (including phenoxy) is 1. The molecule has 2 aromatic heterocycles. The maximum atomic E-state index is 12.2. The molecule has 0 aliphatic heterocycles. The first-order valence-electron chi connectivity index (χ1n) is 7.04. The van der Waals surface area contributed by atoms with Crippen LogP contribution < -0.4 is 10.6 Å². The summed E-state index contributed by atoms with van der Waals surface area (Å²) < 4.78 is 10.7. The number of thiazole rings is 1. The summed E-state index contributed by atoms with van der Waals surface area (Å²) in [7, 11) is 1.59. The fourth-order valence-corrected chi connectivity index (χ4v) is 2.84. The number of aryl methyl sites for hydroxylation is 2. The Bertz CT molecular complexity index is 623. The van der Waals surface area contributed by atoms with Crippen LogP contribution in [-0.2, 0) is 4.74 Å². The van der Waals surface area contributed by atoms with Crippen LogP contribution in [0.2, 0.25) is 0 Å². The Balaban J connectivity index is 1.96. The van der Waals surface area contributed by atoms with Gasteiger partial charge in [0.25, 0.3) is 0 Å². The Morgan fingerprint density at radius 2 is 2.18 bits per heavy atom. The van der Waals surface area contributed by atoms with Gasteiger partial charge in [-0.05, 0) is 32.9 Å². The minimum Gasteiger partial charge on any atom is -0.464 e. The predicted octanol–water partition coefficient (Wildman–Crippen LogP) is 3.10. The van der Waals surface area contributed by atoms with Gasteiger partial charge in [-0.25, -0.2) is 9.78 Å². The molecule has 2 heterocycles. The van der Waals surface area contributed by atoms with Crippen molar-refractivity contribution in [3.8, 4) is 0 Å². The summed E-state index contributed by atoms with van der Waals surface area (Å²) in [6.45, 7) is 6.03. The van der Waals surface area contributed by atoms with Gasteiger partial charge in [0.15, 0.2) is 0 Å². The van der Waals surface area contributed by atoms with Crippen molar-refractivity contribution in [2.45, 2.75) is 32.9 Å². The fourth-order valence-electron chi connectivity index (χ4n) is 2.03. The van der Waals surface area contributed by atoms with Crippen LogP contribution in [0.1, 0.15) is 41.2 Å². The van der Waals surface area contributed by atoms with Crippen molar-refractivity contribution in [3.63, 3.8) is 0 Å². The molecule has 2 N–H and O–H groups in total. The Kier molecular flexibility index (Phi) is 5.57. The second-order valence-corrected chi connectivity index (χ2v) is 6.01. The molecule has 6 nitrogen and oxygen atoms in total. The maximum Gasteiger partial charge on any atom is 0.316 e. The fraction of sp³-hybridized carbons (Fsp3) is 0.467. The zero-order valence-electron chi connectivity index (χ0n) is 13.2. The monoisotopic (exact) mass is 323 g/mol. The molecule has 7 heteroatoms. The largest absolute Gasteiger partial charge is 0.464 e. The van der Waals surface area contributed by atoms with Crippen LogP contribution in [0.15, 0.2) is 21.9 Å². The van der Waals surface area contributed by atoms with Crippen LogP contribution in [-0.4, -0.2) is 24.7 Å². The molecule has 2 atom stereocenters. The summed E-state index contributed by atoms with van der Waals surface area (Å²) in [6, 6.07) is 2.94.